The summed E-state index contributed by atoms with van der Waals surface area (Å²) in [6.45, 7) is 3.53. The number of rotatable bonds is 1. The summed E-state index contributed by atoms with van der Waals surface area (Å²) in [7, 11) is 0. The Balaban J connectivity index is 2.80. The lowest BCUT2D eigenvalue weighted by molar-refractivity contribution is -0.135. The van der Waals surface area contributed by atoms with Crippen molar-refractivity contribution in [1.82, 2.24) is 4.98 Å². The first kappa shape index (κ1) is 8.43. The van der Waals surface area contributed by atoms with E-state index in [1.807, 2.05) is 0 Å². The molecule has 2 rings (SSSR count). The van der Waals surface area contributed by atoms with Gasteiger partial charge in [-0.1, -0.05) is 6.58 Å². The fourth-order valence-electron chi connectivity index (χ4n) is 1.04. The molecule has 0 spiro atoms. The van der Waals surface area contributed by atoms with Gasteiger partial charge in [0.25, 0.3) is 0 Å². The van der Waals surface area contributed by atoms with E-state index in [0.717, 1.165) is 0 Å². The molecule has 1 aromatic heterocycles. The highest BCUT2D eigenvalue weighted by Gasteiger charge is 2.15. The SMILES string of the molecule is C=Cc1ccc2c(n1)=NC(=O)C(=O)N=2. The Bertz CT molecular complexity index is 560. The molecule has 0 N–H and O–H groups in total. The zero-order chi connectivity index (χ0) is 10.1. The van der Waals surface area contributed by atoms with E-state index in [4.69, 9.17) is 0 Å². The Kier molecular flexibility index (Phi) is 1.78. The average molecular weight is 187 g/mol. The number of hydrogen-bond acceptors (Lipinski definition) is 3. The van der Waals surface area contributed by atoms with Crippen molar-refractivity contribution in [3.63, 3.8) is 0 Å². The lowest BCUT2D eigenvalue weighted by atomic mass is 10.3. The second kappa shape index (κ2) is 2.95. The van der Waals surface area contributed by atoms with Crippen molar-refractivity contribution in [1.29, 1.82) is 0 Å². The van der Waals surface area contributed by atoms with E-state index in [2.05, 4.69) is 21.5 Å². The van der Waals surface area contributed by atoms with Crippen molar-refractivity contribution in [2.75, 3.05) is 0 Å². The van der Waals surface area contributed by atoms with Crippen molar-refractivity contribution in [2.45, 2.75) is 0 Å². The summed E-state index contributed by atoms with van der Waals surface area (Å²) in [6, 6.07) is 3.22. The minimum atomic E-state index is -0.883. The van der Waals surface area contributed by atoms with E-state index in [1.165, 1.54) is 6.08 Å². The van der Waals surface area contributed by atoms with Crippen molar-refractivity contribution in [2.24, 2.45) is 9.98 Å². The predicted molar refractivity (Wildman–Crippen MR) is 46.7 cm³/mol. The number of carbonyl (C=O) groups excluding carboxylic acids is 2. The van der Waals surface area contributed by atoms with Gasteiger partial charge in [0.2, 0.25) is 0 Å². The molecule has 5 nitrogen and oxygen atoms in total. The standard InChI is InChI=1S/C9H5N3O2/c1-2-5-3-4-6-7(10-5)12-9(14)8(13)11-6/h2-4H,1H2. The van der Waals surface area contributed by atoms with Crippen molar-refractivity contribution < 1.29 is 9.59 Å². The molecule has 5 heteroatoms. The van der Waals surface area contributed by atoms with Gasteiger partial charge in [-0.05, 0) is 18.2 Å². The van der Waals surface area contributed by atoms with E-state index in [0.29, 0.717) is 11.1 Å². The molecule has 1 aromatic rings. The average Bonchev–Trinajstić information content (AvgIpc) is 2.19. The molecular formula is C9H5N3O2. The largest absolute Gasteiger partial charge is 0.339 e. The maximum atomic E-state index is 10.9. The van der Waals surface area contributed by atoms with Gasteiger partial charge in [-0.3, -0.25) is 9.59 Å². The van der Waals surface area contributed by atoms with E-state index in [1.54, 1.807) is 12.1 Å². The lowest BCUT2D eigenvalue weighted by Crippen LogP contribution is -2.37. The molecule has 0 saturated carbocycles. The Morgan fingerprint density at radius 1 is 1.14 bits per heavy atom. The number of fused-ring (bicyclic) bond motifs is 1. The summed E-state index contributed by atoms with van der Waals surface area (Å²) in [5.74, 6) is -1.74. The Labute approximate surface area is 78.5 Å². The van der Waals surface area contributed by atoms with Crippen LogP contribution >= 0.6 is 0 Å². The quantitative estimate of drug-likeness (QED) is 0.531. The van der Waals surface area contributed by atoms with E-state index in [-0.39, 0.29) is 5.49 Å². The third kappa shape index (κ3) is 1.24. The first-order chi connectivity index (χ1) is 6.70. The van der Waals surface area contributed by atoms with Gasteiger partial charge >= 0.3 is 11.8 Å². The summed E-state index contributed by atoms with van der Waals surface area (Å²) in [5, 5.41) is 0.320. The number of aromatic nitrogens is 1. The molecule has 0 radical (unpaired) electrons. The van der Waals surface area contributed by atoms with E-state index >= 15 is 0 Å². The molecule has 2 amide bonds. The Hall–Kier alpha value is -2.17. The van der Waals surface area contributed by atoms with Crippen LogP contribution in [0.2, 0.25) is 0 Å². The van der Waals surface area contributed by atoms with Crippen LogP contribution in [0, 0.1) is 0 Å². The van der Waals surface area contributed by atoms with Gasteiger partial charge in [0.05, 0.1) is 5.69 Å². The third-order valence-electron chi connectivity index (χ3n) is 1.70. The summed E-state index contributed by atoms with van der Waals surface area (Å²) < 4.78 is 0. The van der Waals surface area contributed by atoms with Crippen LogP contribution in [0.25, 0.3) is 6.08 Å². The summed E-state index contributed by atoms with van der Waals surface area (Å²) in [5.41, 5.74) is 0.761. The van der Waals surface area contributed by atoms with Crippen LogP contribution in [0.1, 0.15) is 5.69 Å². The molecule has 0 aliphatic carbocycles. The number of carbonyl (C=O) groups is 2. The highest BCUT2D eigenvalue weighted by atomic mass is 16.2. The molecule has 1 aliphatic rings. The van der Waals surface area contributed by atoms with Crippen LogP contribution in [-0.2, 0) is 9.59 Å². The first-order valence-corrected chi connectivity index (χ1v) is 3.86. The highest BCUT2D eigenvalue weighted by molar-refractivity contribution is 6.36. The predicted octanol–water partition coefficient (Wildman–Crippen LogP) is -0.969. The number of hydrogen-bond donors (Lipinski definition) is 0. The molecule has 2 heterocycles. The molecule has 0 saturated heterocycles. The molecule has 0 bridgehead atoms. The Morgan fingerprint density at radius 2 is 1.86 bits per heavy atom. The summed E-state index contributed by atoms with van der Waals surface area (Å²) >= 11 is 0. The van der Waals surface area contributed by atoms with Crippen LogP contribution in [0.15, 0.2) is 28.7 Å². The Morgan fingerprint density at radius 3 is 2.57 bits per heavy atom. The fourth-order valence-corrected chi connectivity index (χ4v) is 1.04. The highest BCUT2D eigenvalue weighted by Crippen LogP contribution is 1.90. The number of amides is 2. The maximum absolute atomic E-state index is 10.9. The molecule has 14 heavy (non-hydrogen) atoms. The van der Waals surface area contributed by atoms with Gasteiger partial charge in [0.1, 0.15) is 5.36 Å². The van der Waals surface area contributed by atoms with Crippen molar-refractivity contribution >= 4 is 17.9 Å². The van der Waals surface area contributed by atoms with Crippen molar-refractivity contribution in [3.8, 4) is 0 Å². The maximum Gasteiger partial charge on any atom is 0.339 e. The first-order valence-electron chi connectivity index (χ1n) is 3.86. The molecular weight excluding hydrogens is 182 g/mol. The van der Waals surface area contributed by atoms with Gasteiger partial charge in [-0.25, -0.2) is 9.98 Å². The van der Waals surface area contributed by atoms with Crippen LogP contribution in [0.3, 0.4) is 0 Å². The normalized spacial score (nSPS) is 14.0. The van der Waals surface area contributed by atoms with Crippen LogP contribution in [0.4, 0.5) is 0 Å². The molecule has 0 aromatic carbocycles. The van der Waals surface area contributed by atoms with E-state index in [9.17, 15) is 9.59 Å². The van der Waals surface area contributed by atoms with Crippen LogP contribution in [0.5, 0.6) is 0 Å². The van der Waals surface area contributed by atoms with Gasteiger partial charge in [-0.15, -0.1) is 0 Å². The minimum absolute atomic E-state index is 0.173. The molecule has 68 valence electrons. The molecule has 0 unspecified atom stereocenters. The minimum Gasteiger partial charge on any atom is -0.261 e. The second-order valence-corrected chi connectivity index (χ2v) is 2.62. The second-order valence-electron chi connectivity index (χ2n) is 2.62. The van der Waals surface area contributed by atoms with Gasteiger partial charge < -0.3 is 0 Å². The zero-order valence-electron chi connectivity index (χ0n) is 7.10. The van der Waals surface area contributed by atoms with Crippen molar-refractivity contribution in [3.05, 3.63) is 35.3 Å². The van der Waals surface area contributed by atoms with E-state index < -0.39 is 11.8 Å². The molecule has 0 fully saturated rings. The lowest BCUT2D eigenvalue weighted by Gasteiger charge is -1.96. The topological polar surface area (TPSA) is 71.8 Å². The molecule has 0 atom stereocenters. The fraction of sp³-hybridized carbons (Fsp3) is 0. The number of pyridine rings is 1. The smallest absolute Gasteiger partial charge is 0.261 e. The van der Waals surface area contributed by atoms with Crippen LogP contribution in [-0.4, -0.2) is 16.8 Å². The molecule has 1 aliphatic heterocycles. The van der Waals surface area contributed by atoms with Gasteiger partial charge in [-0.2, -0.15) is 4.99 Å². The summed E-state index contributed by atoms with van der Waals surface area (Å²) in [6.07, 6.45) is 1.52. The summed E-state index contributed by atoms with van der Waals surface area (Å²) in [4.78, 5) is 32.7. The van der Waals surface area contributed by atoms with Gasteiger partial charge in [0.15, 0.2) is 5.49 Å². The monoisotopic (exact) mass is 187 g/mol. The van der Waals surface area contributed by atoms with Crippen LogP contribution < -0.4 is 10.8 Å². The number of nitrogens with zero attached hydrogens (tertiary/aromatic N) is 3. The third-order valence-corrected chi connectivity index (χ3v) is 1.70. The zero-order valence-corrected chi connectivity index (χ0v) is 7.10. The van der Waals surface area contributed by atoms with Gasteiger partial charge in [0, 0.05) is 0 Å².